The second-order valence-electron chi connectivity index (χ2n) is 6.17. The Kier molecular flexibility index (Phi) is 9.85. The van der Waals surface area contributed by atoms with E-state index in [4.69, 9.17) is 9.47 Å². The van der Waals surface area contributed by atoms with Gasteiger partial charge in [0.25, 0.3) is 0 Å². The molecule has 0 N–H and O–H groups in total. The van der Waals surface area contributed by atoms with E-state index in [1.54, 1.807) is 0 Å². The van der Waals surface area contributed by atoms with Gasteiger partial charge >= 0.3 is 0 Å². The summed E-state index contributed by atoms with van der Waals surface area (Å²) in [6.45, 7) is 14.9. The molecule has 0 amide bonds. The van der Waals surface area contributed by atoms with Crippen LogP contribution >= 0.6 is 0 Å². The second kappa shape index (κ2) is 9.90. The summed E-state index contributed by atoms with van der Waals surface area (Å²) in [5.74, 6) is 2.02. The van der Waals surface area contributed by atoms with Gasteiger partial charge in [0.05, 0.1) is 0 Å². The van der Waals surface area contributed by atoms with Gasteiger partial charge in [-0.1, -0.05) is 41.5 Å². The molecule has 0 spiro atoms. The Bertz CT molecular complexity index is 150. The molecule has 0 aromatic carbocycles. The van der Waals surface area contributed by atoms with Gasteiger partial charge in [-0.2, -0.15) is 0 Å². The molecule has 0 saturated heterocycles. The zero-order chi connectivity index (χ0) is 13.3. The van der Waals surface area contributed by atoms with Crippen LogP contribution in [0.3, 0.4) is 0 Å². The van der Waals surface area contributed by atoms with Gasteiger partial charge in [0.15, 0.2) is 6.29 Å². The van der Waals surface area contributed by atoms with Crippen LogP contribution in [0.2, 0.25) is 0 Å². The van der Waals surface area contributed by atoms with Gasteiger partial charge in [-0.3, -0.25) is 0 Å². The maximum Gasteiger partial charge on any atom is 0.157 e. The van der Waals surface area contributed by atoms with Gasteiger partial charge in [0, 0.05) is 19.6 Å². The lowest BCUT2D eigenvalue weighted by Gasteiger charge is -2.21. The normalized spacial score (nSPS) is 12.4. The summed E-state index contributed by atoms with van der Waals surface area (Å²) in [6, 6.07) is 0. The molecular formula is C15H32O2. The molecule has 17 heavy (non-hydrogen) atoms. The van der Waals surface area contributed by atoms with Crippen molar-refractivity contribution in [3.63, 3.8) is 0 Å². The molecule has 2 heteroatoms. The molecule has 0 fully saturated rings. The van der Waals surface area contributed by atoms with Crippen molar-refractivity contribution < 1.29 is 9.47 Å². The molecule has 0 heterocycles. The van der Waals surface area contributed by atoms with E-state index < -0.39 is 0 Å². The number of hydrogen-bond acceptors (Lipinski definition) is 2. The van der Waals surface area contributed by atoms with Crippen LogP contribution in [0.4, 0.5) is 0 Å². The highest BCUT2D eigenvalue weighted by Crippen LogP contribution is 2.12. The first-order valence-corrected chi connectivity index (χ1v) is 7.15. The molecule has 0 unspecified atom stereocenters. The van der Waals surface area contributed by atoms with Crippen LogP contribution in [-0.4, -0.2) is 19.5 Å². The molecule has 0 aliphatic heterocycles. The van der Waals surface area contributed by atoms with Crippen molar-refractivity contribution >= 4 is 0 Å². The van der Waals surface area contributed by atoms with E-state index in [2.05, 4.69) is 41.5 Å². The first kappa shape index (κ1) is 16.9. The van der Waals surface area contributed by atoms with E-state index in [1.165, 1.54) is 0 Å². The van der Waals surface area contributed by atoms with Gasteiger partial charge in [-0.15, -0.1) is 0 Å². The predicted octanol–water partition coefficient (Wildman–Crippen LogP) is 4.48. The Balaban J connectivity index is 3.79. The van der Waals surface area contributed by atoms with Crippen LogP contribution in [0.5, 0.6) is 0 Å². The summed E-state index contributed by atoms with van der Waals surface area (Å²) in [7, 11) is 0. The third-order valence-electron chi connectivity index (χ3n) is 2.66. The summed E-state index contributed by atoms with van der Waals surface area (Å²) in [5, 5.41) is 0. The fraction of sp³-hybridized carbons (Fsp3) is 1.00. The van der Waals surface area contributed by atoms with E-state index in [9.17, 15) is 0 Å². The van der Waals surface area contributed by atoms with Gasteiger partial charge in [0.1, 0.15) is 0 Å². The average Bonchev–Trinajstić information content (AvgIpc) is 2.15. The largest absolute Gasteiger partial charge is 0.353 e. The molecule has 0 bridgehead atoms. The highest BCUT2D eigenvalue weighted by atomic mass is 16.7. The van der Waals surface area contributed by atoms with Crippen molar-refractivity contribution in [1.29, 1.82) is 0 Å². The SMILES string of the molecule is CC(C)CCOC(CC(C)C)OCCC(C)C. The second-order valence-corrected chi connectivity index (χ2v) is 6.17. The molecule has 0 aromatic heterocycles. The fourth-order valence-corrected chi connectivity index (χ4v) is 1.44. The lowest BCUT2D eigenvalue weighted by molar-refractivity contribution is -0.154. The molecule has 0 aliphatic carbocycles. The third kappa shape index (κ3) is 12.2. The maximum absolute atomic E-state index is 5.82. The summed E-state index contributed by atoms with van der Waals surface area (Å²) in [6.07, 6.45) is 3.22. The van der Waals surface area contributed by atoms with E-state index in [-0.39, 0.29) is 6.29 Å². The minimum absolute atomic E-state index is 0.00694. The zero-order valence-corrected chi connectivity index (χ0v) is 12.7. The Morgan fingerprint density at radius 1 is 0.647 bits per heavy atom. The minimum Gasteiger partial charge on any atom is -0.353 e. The maximum atomic E-state index is 5.82. The van der Waals surface area contributed by atoms with Crippen molar-refractivity contribution in [2.75, 3.05) is 13.2 Å². The molecule has 0 aromatic rings. The highest BCUT2D eigenvalue weighted by Gasteiger charge is 2.12. The Hall–Kier alpha value is -0.0800. The van der Waals surface area contributed by atoms with Crippen molar-refractivity contribution in [2.24, 2.45) is 17.8 Å². The Morgan fingerprint density at radius 2 is 1.06 bits per heavy atom. The van der Waals surface area contributed by atoms with Crippen LogP contribution < -0.4 is 0 Å². The van der Waals surface area contributed by atoms with Crippen LogP contribution in [0.15, 0.2) is 0 Å². The van der Waals surface area contributed by atoms with Crippen molar-refractivity contribution in [3.05, 3.63) is 0 Å². The molecule has 104 valence electrons. The Morgan fingerprint density at radius 3 is 1.35 bits per heavy atom. The van der Waals surface area contributed by atoms with Crippen molar-refractivity contribution in [2.45, 2.75) is 67.1 Å². The van der Waals surface area contributed by atoms with Crippen LogP contribution in [0.25, 0.3) is 0 Å². The molecule has 0 aliphatic rings. The lowest BCUT2D eigenvalue weighted by atomic mass is 10.1. The van der Waals surface area contributed by atoms with E-state index in [0.717, 1.165) is 32.5 Å². The predicted molar refractivity (Wildman–Crippen MR) is 74.1 cm³/mol. The van der Waals surface area contributed by atoms with E-state index >= 15 is 0 Å². The fourth-order valence-electron chi connectivity index (χ4n) is 1.44. The first-order chi connectivity index (χ1) is 7.91. The van der Waals surface area contributed by atoms with Crippen LogP contribution in [-0.2, 0) is 9.47 Å². The lowest BCUT2D eigenvalue weighted by Crippen LogP contribution is -2.21. The summed E-state index contributed by atoms with van der Waals surface area (Å²) < 4.78 is 11.6. The minimum atomic E-state index is -0.00694. The first-order valence-electron chi connectivity index (χ1n) is 7.15. The molecule has 0 saturated carbocycles. The highest BCUT2D eigenvalue weighted by molar-refractivity contribution is 4.53. The van der Waals surface area contributed by atoms with Crippen molar-refractivity contribution in [3.8, 4) is 0 Å². The Labute approximate surface area is 108 Å². The molecular weight excluding hydrogens is 212 g/mol. The number of ether oxygens (including phenoxy) is 2. The average molecular weight is 244 g/mol. The summed E-state index contributed by atoms with van der Waals surface area (Å²) in [4.78, 5) is 0. The molecule has 2 nitrogen and oxygen atoms in total. The molecule has 0 radical (unpaired) electrons. The standard InChI is InChI=1S/C15H32O2/c1-12(2)7-9-16-15(11-14(5)6)17-10-8-13(3)4/h12-15H,7-11H2,1-6H3. The smallest absolute Gasteiger partial charge is 0.157 e. The summed E-state index contributed by atoms with van der Waals surface area (Å²) in [5.41, 5.74) is 0. The monoisotopic (exact) mass is 244 g/mol. The van der Waals surface area contributed by atoms with Crippen LogP contribution in [0.1, 0.15) is 60.8 Å². The number of hydrogen-bond donors (Lipinski definition) is 0. The van der Waals surface area contributed by atoms with Gasteiger partial charge in [-0.05, 0) is 30.6 Å². The van der Waals surface area contributed by atoms with Crippen molar-refractivity contribution in [1.82, 2.24) is 0 Å². The topological polar surface area (TPSA) is 18.5 Å². The van der Waals surface area contributed by atoms with E-state index in [1.807, 2.05) is 0 Å². The molecule has 0 atom stereocenters. The quantitative estimate of drug-likeness (QED) is 0.527. The van der Waals surface area contributed by atoms with Crippen LogP contribution in [0, 0.1) is 17.8 Å². The van der Waals surface area contributed by atoms with E-state index in [0.29, 0.717) is 17.8 Å². The van der Waals surface area contributed by atoms with Gasteiger partial charge in [-0.25, -0.2) is 0 Å². The van der Waals surface area contributed by atoms with Gasteiger partial charge in [0.2, 0.25) is 0 Å². The summed E-state index contributed by atoms with van der Waals surface area (Å²) >= 11 is 0. The zero-order valence-electron chi connectivity index (χ0n) is 12.7. The van der Waals surface area contributed by atoms with Gasteiger partial charge < -0.3 is 9.47 Å². The number of rotatable bonds is 10. The third-order valence-corrected chi connectivity index (χ3v) is 2.66. The molecule has 0 rings (SSSR count).